The van der Waals surface area contributed by atoms with Crippen molar-refractivity contribution in [2.45, 2.75) is 0 Å². The van der Waals surface area contributed by atoms with Crippen molar-refractivity contribution in [3.63, 3.8) is 0 Å². The van der Waals surface area contributed by atoms with Gasteiger partial charge in [0.1, 0.15) is 5.82 Å². The molecule has 1 aromatic rings. The van der Waals surface area contributed by atoms with E-state index in [4.69, 9.17) is 16.7 Å². The van der Waals surface area contributed by atoms with Gasteiger partial charge in [0.05, 0.1) is 5.02 Å². The van der Waals surface area contributed by atoms with Crippen LogP contribution in [0.3, 0.4) is 0 Å². The first-order valence-corrected chi connectivity index (χ1v) is 4.73. The van der Waals surface area contributed by atoms with Gasteiger partial charge in [0.15, 0.2) is 0 Å². The fourth-order valence-corrected chi connectivity index (χ4v) is 1.40. The van der Waals surface area contributed by atoms with E-state index >= 15 is 0 Å². The maximum absolute atomic E-state index is 13.0. The topological polar surface area (TPSA) is 37.3 Å². The van der Waals surface area contributed by atoms with Gasteiger partial charge in [-0.3, -0.25) is 0 Å². The van der Waals surface area contributed by atoms with Gasteiger partial charge in [0, 0.05) is 10.5 Å². The van der Waals surface area contributed by atoms with Crippen LogP contribution in [-0.4, -0.2) is 11.1 Å². The minimum atomic E-state index is -1.09. The maximum Gasteiger partial charge on any atom is 0.328 e. The van der Waals surface area contributed by atoms with Crippen molar-refractivity contribution >= 4 is 39.6 Å². The first-order valence-electron chi connectivity index (χ1n) is 3.56. The van der Waals surface area contributed by atoms with E-state index in [1.807, 2.05) is 0 Å². The number of hydrogen-bond donors (Lipinski definition) is 1. The van der Waals surface area contributed by atoms with Crippen LogP contribution in [0.1, 0.15) is 5.56 Å². The minimum Gasteiger partial charge on any atom is -0.478 e. The van der Waals surface area contributed by atoms with Gasteiger partial charge in [0.2, 0.25) is 0 Å². The number of rotatable bonds is 2. The van der Waals surface area contributed by atoms with Crippen LogP contribution in [0, 0.1) is 5.82 Å². The third kappa shape index (κ3) is 2.82. The van der Waals surface area contributed by atoms with Crippen molar-refractivity contribution in [3.8, 4) is 0 Å². The van der Waals surface area contributed by atoms with Crippen LogP contribution >= 0.6 is 27.5 Å². The van der Waals surface area contributed by atoms with Crippen molar-refractivity contribution in [2.75, 3.05) is 0 Å². The predicted octanol–water partition coefficient (Wildman–Crippen LogP) is 3.34. The summed E-state index contributed by atoms with van der Waals surface area (Å²) >= 11 is 8.60. The van der Waals surface area contributed by atoms with E-state index in [-0.39, 0.29) is 5.02 Å². The molecule has 2 nitrogen and oxygen atoms in total. The van der Waals surface area contributed by atoms with Gasteiger partial charge < -0.3 is 5.11 Å². The zero-order valence-electron chi connectivity index (χ0n) is 6.80. The molecule has 0 amide bonds. The van der Waals surface area contributed by atoms with Crippen molar-refractivity contribution in [1.29, 1.82) is 0 Å². The van der Waals surface area contributed by atoms with Crippen LogP contribution in [0.4, 0.5) is 4.39 Å². The summed E-state index contributed by atoms with van der Waals surface area (Å²) in [5.41, 5.74) is 0.432. The molecule has 0 fully saturated rings. The lowest BCUT2D eigenvalue weighted by Gasteiger charge is -1.99. The zero-order valence-corrected chi connectivity index (χ0v) is 9.14. The first kappa shape index (κ1) is 11.2. The van der Waals surface area contributed by atoms with Gasteiger partial charge in [-0.2, -0.15) is 0 Å². The van der Waals surface area contributed by atoms with Crippen LogP contribution in [0.2, 0.25) is 5.02 Å². The molecule has 5 heteroatoms. The van der Waals surface area contributed by atoms with Crippen LogP contribution in [-0.2, 0) is 4.79 Å². The Hall–Kier alpha value is -0.870. The Morgan fingerprint density at radius 2 is 2.21 bits per heavy atom. The van der Waals surface area contributed by atoms with Gasteiger partial charge in [0.25, 0.3) is 0 Å². The van der Waals surface area contributed by atoms with Crippen molar-refractivity contribution in [3.05, 3.63) is 39.1 Å². The van der Waals surface area contributed by atoms with Crippen LogP contribution < -0.4 is 0 Å². The fraction of sp³-hybridized carbons (Fsp3) is 0. The molecule has 0 saturated carbocycles. The molecular formula is C9H5BrClFO2. The highest BCUT2D eigenvalue weighted by Crippen LogP contribution is 2.27. The number of halogens is 3. The molecule has 0 heterocycles. The zero-order chi connectivity index (χ0) is 10.7. The van der Waals surface area contributed by atoms with Gasteiger partial charge in [-0.25, -0.2) is 9.18 Å². The molecular weight excluding hydrogens is 274 g/mol. The molecule has 0 spiro atoms. The third-order valence-corrected chi connectivity index (χ3v) is 2.66. The third-order valence-electron chi connectivity index (χ3n) is 1.42. The average Bonchev–Trinajstić information content (AvgIpc) is 2.10. The Labute approximate surface area is 93.1 Å². The Morgan fingerprint density at radius 3 is 2.71 bits per heavy atom. The predicted molar refractivity (Wildman–Crippen MR) is 55.8 cm³/mol. The minimum absolute atomic E-state index is 0.0162. The number of carboxylic acid groups (broad SMARTS) is 1. The molecule has 1 aromatic carbocycles. The summed E-state index contributed by atoms with van der Waals surface area (Å²) in [5.74, 6) is -1.68. The molecule has 0 aliphatic heterocycles. The smallest absolute Gasteiger partial charge is 0.328 e. The number of hydrogen-bond acceptors (Lipinski definition) is 1. The standard InChI is InChI=1S/C9H5BrClFO2/c10-6-3-5(1-2-8(13)14)4-7(12)9(6)11/h1-4H,(H,13,14)/b2-1+. The number of benzene rings is 1. The van der Waals surface area contributed by atoms with Crippen LogP contribution in [0.5, 0.6) is 0 Å². The summed E-state index contributed by atoms with van der Waals surface area (Å²) in [4.78, 5) is 10.2. The molecule has 0 bridgehead atoms. The summed E-state index contributed by atoms with van der Waals surface area (Å²) < 4.78 is 13.4. The number of aliphatic carboxylic acids is 1. The molecule has 0 atom stereocenters. The normalized spacial score (nSPS) is 10.8. The largest absolute Gasteiger partial charge is 0.478 e. The molecule has 74 valence electrons. The van der Waals surface area contributed by atoms with Crippen LogP contribution in [0.15, 0.2) is 22.7 Å². The lowest BCUT2D eigenvalue weighted by atomic mass is 10.2. The van der Waals surface area contributed by atoms with E-state index in [1.54, 1.807) is 0 Å². The Bertz CT molecular complexity index is 381. The van der Waals surface area contributed by atoms with Crippen LogP contribution in [0.25, 0.3) is 6.08 Å². The van der Waals surface area contributed by atoms with E-state index < -0.39 is 11.8 Å². The van der Waals surface area contributed by atoms with Crippen molar-refractivity contribution < 1.29 is 14.3 Å². The molecule has 14 heavy (non-hydrogen) atoms. The lowest BCUT2D eigenvalue weighted by molar-refractivity contribution is -0.131. The van der Waals surface area contributed by atoms with Crippen molar-refractivity contribution in [1.82, 2.24) is 0 Å². The summed E-state index contributed by atoms with van der Waals surface area (Å²) in [6, 6.07) is 2.69. The molecule has 0 radical (unpaired) electrons. The number of carbonyl (C=O) groups is 1. The molecule has 0 aliphatic rings. The quantitative estimate of drug-likeness (QED) is 0.666. The summed E-state index contributed by atoms with van der Waals surface area (Å²) in [6.07, 6.45) is 2.21. The molecule has 1 N–H and O–H groups in total. The van der Waals surface area contributed by atoms with E-state index in [1.165, 1.54) is 12.1 Å². The van der Waals surface area contributed by atoms with E-state index in [2.05, 4.69) is 15.9 Å². The average molecular weight is 279 g/mol. The first-order chi connectivity index (χ1) is 6.50. The molecule has 0 aromatic heterocycles. The van der Waals surface area contributed by atoms with Gasteiger partial charge in [-0.05, 0) is 39.7 Å². The molecule has 0 saturated heterocycles. The maximum atomic E-state index is 13.0. The highest BCUT2D eigenvalue weighted by molar-refractivity contribution is 9.10. The molecule has 0 aliphatic carbocycles. The summed E-state index contributed by atoms with van der Waals surface area (Å²) in [7, 11) is 0. The van der Waals surface area contributed by atoms with E-state index in [0.717, 1.165) is 12.1 Å². The van der Waals surface area contributed by atoms with Gasteiger partial charge >= 0.3 is 5.97 Å². The fourth-order valence-electron chi connectivity index (χ4n) is 0.839. The van der Waals surface area contributed by atoms with Gasteiger partial charge in [-0.1, -0.05) is 11.6 Å². The summed E-state index contributed by atoms with van der Waals surface area (Å²) in [6.45, 7) is 0. The van der Waals surface area contributed by atoms with E-state index in [0.29, 0.717) is 10.0 Å². The van der Waals surface area contributed by atoms with E-state index in [9.17, 15) is 9.18 Å². The van der Waals surface area contributed by atoms with Crippen molar-refractivity contribution in [2.24, 2.45) is 0 Å². The Kier molecular flexibility index (Phi) is 3.66. The second-order valence-electron chi connectivity index (χ2n) is 2.47. The SMILES string of the molecule is O=C(O)/C=C/c1cc(F)c(Cl)c(Br)c1. The Morgan fingerprint density at radius 1 is 1.57 bits per heavy atom. The monoisotopic (exact) mass is 278 g/mol. The van der Waals surface area contributed by atoms with Gasteiger partial charge in [-0.15, -0.1) is 0 Å². The second kappa shape index (κ2) is 4.57. The molecule has 1 rings (SSSR count). The summed E-state index contributed by atoms with van der Waals surface area (Å²) in [5, 5.41) is 8.33. The number of carboxylic acids is 1. The lowest BCUT2D eigenvalue weighted by Crippen LogP contribution is -1.87. The molecule has 0 unspecified atom stereocenters. The second-order valence-corrected chi connectivity index (χ2v) is 3.70. The highest BCUT2D eigenvalue weighted by Gasteiger charge is 2.05. The highest BCUT2D eigenvalue weighted by atomic mass is 79.9. The Balaban J connectivity index is 3.07.